The number of hydrogen-bond donors (Lipinski definition) is 1. The molecule has 1 aromatic heterocycles. The van der Waals surface area contributed by atoms with Crippen LogP contribution in [0.4, 0.5) is 0 Å². The third-order valence-corrected chi connectivity index (χ3v) is 6.27. The molecular weight excluding hydrogens is 336 g/mol. The first-order valence-corrected chi connectivity index (χ1v) is 8.81. The predicted octanol–water partition coefficient (Wildman–Crippen LogP) is 2.17. The van der Waals surface area contributed by atoms with Gasteiger partial charge in [0.05, 0.1) is 29.5 Å². The van der Waals surface area contributed by atoms with E-state index >= 15 is 0 Å². The molecule has 0 amide bonds. The zero-order valence-corrected chi connectivity index (χ0v) is 13.4. The van der Waals surface area contributed by atoms with Crippen molar-refractivity contribution < 1.29 is 9.84 Å². The average Bonchev–Trinajstić information content (AvgIpc) is 2.77. The van der Waals surface area contributed by atoms with Crippen molar-refractivity contribution in [1.82, 2.24) is 9.78 Å². The Hall–Kier alpha value is 0.310. The highest BCUT2D eigenvalue weighted by Crippen LogP contribution is 2.36. The number of halogens is 1. The zero-order valence-electron chi connectivity index (χ0n) is 10.2. The van der Waals surface area contributed by atoms with E-state index in [-0.39, 0.29) is 5.25 Å². The largest absolute Gasteiger partial charge is 0.386 e. The fraction of sp³-hybridized carbons (Fsp3) is 0.727. The van der Waals surface area contributed by atoms with Crippen molar-refractivity contribution in [3.63, 3.8) is 0 Å². The maximum atomic E-state index is 10.5. The van der Waals surface area contributed by atoms with E-state index in [0.29, 0.717) is 13.2 Å². The van der Waals surface area contributed by atoms with Gasteiger partial charge < -0.3 is 9.84 Å². The number of aromatic nitrogens is 2. The fourth-order valence-electron chi connectivity index (χ4n) is 1.89. The van der Waals surface area contributed by atoms with Gasteiger partial charge in [0.25, 0.3) is 0 Å². The van der Waals surface area contributed by atoms with E-state index in [1.165, 1.54) is 5.75 Å². The van der Waals surface area contributed by atoms with E-state index in [2.05, 4.69) is 21.0 Å². The quantitative estimate of drug-likeness (QED) is 0.879. The van der Waals surface area contributed by atoms with Crippen LogP contribution in [0.1, 0.15) is 11.8 Å². The van der Waals surface area contributed by atoms with E-state index in [0.717, 1.165) is 21.7 Å². The van der Waals surface area contributed by atoms with Crippen molar-refractivity contribution in [2.75, 3.05) is 31.0 Å². The molecule has 0 bridgehead atoms. The molecule has 7 heteroatoms. The second-order valence-electron chi connectivity index (χ2n) is 4.02. The molecule has 0 radical (unpaired) electrons. The zero-order chi connectivity index (χ0) is 13.0. The first-order chi connectivity index (χ1) is 8.74. The van der Waals surface area contributed by atoms with Crippen LogP contribution >= 0.6 is 39.5 Å². The SMILES string of the molecule is COCCn1ncc(Br)c1C(O)C1CSCCS1. The second-order valence-corrected chi connectivity index (χ2v) is 7.37. The van der Waals surface area contributed by atoms with Gasteiger partial charge in [-0.2, -0.15) is 28.6 Å². The molecule has 102 valence electrons. The number of ether oxygens (including phenoxy) is 1. The molecule has 0 saturated carbocycles. The van der Waals surface area contributed by atoms with Crippen molar-refractivity contribution in [2.45, 2.75) is 17.9 Å². The lowest BCUT2D eigenvalue weighted by atomic mass is 10.2. The van der Waals surface area contributed by atoms with Crippen molar-refractivity contribution in [1.29, 1.82) is 0 Å². The van der Waals surface area contributed by atoms with E-state index in [9.17, 15) is 5.11 Å². The summed E-state index contributed by atoms with van der Waals surface area (Å²) in [6.45, 7) is 1.26. The maximum absolute atomic E-state index is 10.5. The van der Waals surface area contributed by atoms with Crippen LogP contribution < -0.4 is 0 Å². The van der Waals surface area contributed by atoms with Crippen molar-refractivity contribution >= 4 is 39.5 Å². The number of hydrogen-bond acceptors (Lipinski definition) is 5. The monoisotopic (exact) mass is 352 g/mol. The Morgan fingerprint density at radius 2 is 2.50 bits per heavy atom. The molecule has 1 aromatic rings. The molecule has 1 N–H and O–H groups in total. The molecule has 2 atom stereocenters. The molecule has 1 aliphatic rings. The van der Waals surface area contributed by atoms with Crippen LogP contribution in [0.3, 0.4) is 0 Å². The van der Waals surface area contributed by atoms with Crippen LogP contribution in [-0.2, 0) is 11.3 Å². The molecule has 2 rings (SSSR count). The van der Waals surface area contributed by atoms with Gasteiger partial charge in [0, 0.05) is 29.6 Å². The van der Waals surface area contributed by atoms with Gasteiger partial charge in [-0.1, -0.05) is 0 Å². The molecule has 2 heterocycles. The smallest absolute Gasteiger partial charge is 0.109 e. The van der Waals surface area contributed by atoms with E-state index in [1.807, 2.05) is 28.2 Å². The Bertz CT molecular complexity index is 383. The summed E-state index contributed by atoms with van der Waals surface area (Å²) in [7, 11) is 1.67. The number of aliphatic hydroxyl groups is 1. The predicted molar refractivity (Wildman–Crippen MR) is 80.3 cm³/mol. The number of aliphatic hydroxyl groups excluding tert-OH is 1. The minimum absolute atomic E-state index is 0.248. The summed E-state index contributed by atoms with van der Waals surface area (Å²) in [6, 6.07) is 0. The summed E-state index contributed by atoms with van der Waals surface area (Å²) in [5.41, 5.74) is 0.868. The second kappa shape index (κ2) is 7.19. The Balaban J connectivity index is 2.12. The molecule has 0 aromatic carbocycles. The summed E-state index contributed by atoms with van der Waals surface area (Å²) < 4.78 is 7.78. The number of rotatable bonds is 5. The van der Waals surface area contributed by atoms with Crippen molar-refractivity contribution in [2.24, 2.45) is 0 Å². The molecule has 18 heavy (non-hydrogen) atoms. The fourth-order valence-corrected chi connectivity index (χ4v) is 5.14. The van der Waals surface area contributed by atoms with Crippen LogP contribution in [0.15, 0.2) is 10.7 Å². The lowest BCUT2D eigenvalue weighted by Gasteiger charge is -2.26. The van der Waals surface area contributed by atoms with Gasteiger partial charge in [-0.25, -0.2) is 0 Å². The van der Waals surface area contributed by atoms with Crippen LogP contribution in [0.25, 0.3) is 0 Å². The number of methoxy groups -OCH3 is 1. The Morgan fingerprint density at radius 3 is 3.17 bits per heavy atom. The highest BCUT2D eigenvalue weighted by molar-refractivity contribution is 9.10. The highest BCUT2D eigenvalue weighted by Gasteiger charge is 2.28. The van der Waals surface area contributed by atoms with Crippen LogP contribution in [0.5, 0.6) is 0 Å². The Morgan fingerprint density at radius 1 is 1.67 bits per heavy atom. The third-order valence-electron chi connectivity index (χ3n) is 2.81. The molecular formula is C11H17BrN2O2S2. The third kappa shape index (κ3) is 3.45. The maximum Gasteiger partial charge on any atom is 0.109 e. The molecule has 4 nitrogen and oxygen atoms in total. The van der Waals surface area contributed by atoms with Crippen molar-refractivity contribution in [3.8, 4) is 0 Å². The van der Waals surface area contributed by atoms with Gasteiger partial charge >= 0.3 is 0 Å². The lowest BCUT2D eigenvalue weighted by molar-refractivity contribution is 0.154. The minimum atomic E-state index is -0.475. The van der Waals surface area contributed by atoms with Gasteiger partial charge in [-0.3, -0.25) is 4.68 Å². The first-order valence-electron chi connectivity index (χ1n) is 5.81. The lowest BCUT2D eigenvalue weighted by Crippen LogP contribution is -2.25. The van der Waals surface area contributed by atoms with Crippen molar-refractivity contribution in [3.05, 3.63) is 16.4 Å². The summed E-state index contributed by atoms with van der Waals surface area (Å²) in [5, 5.41) is 15.1. The molecule has 1 fully saturated rings. The van der Waals surface area contributed by atoms with Crippen LogP contribution in [0, 0.1) is 0 Å². The van der Waals surface area contributed by atoms with E-state index < -0.39 is 6.10 Å². The van der Waals surface area contributed by atoms with Gasteiger partial charge in [0.2, 0.25) is 0 Å². The minimum Gasteiger partial charge on any atom is -0.386 e. The van der Waals surface area contributed by atoms with Gasteiger partial charge in [0.15, 0.2) is 0 Å². The molecule has 2 unspecified atom stereocenters. The molecule has 0 spiro atoms. The van der Waals surface area contributed by atoms with Crippen LogP contribution in [0.2, 0.25) is 0 Å². The van der Waals surface area contributed by atoms with Crippen LogP contribution in [-0.4, -0.2) is 51.1 Å². The standard InChI is InChI=1S/C11H17BrN2O2S2/c1-16-3-2-14-10(8(12)6-13-14)11(15)9-7-17-4-5-18-9/h6,9,11,15H,2-5,7H2,1H3. The summed E-state index contributed by atoms with van der Waals surface area (Å²) in [6.07, 6.45) is 1.27. The molecule has 1 saturated heterocycles. The topological polar surface area (TPSA) is 47.3 Å². The molecule has 1 aliphatic heterocycles. The molecule has 0 aliphatic carbocycles. The van der Waals surface area contributed by atoms with Gasteiger partial charge in [0.1, 0.15) is 6.10 Å². The Labute approximate surface area is 124 Å². The number of thioether (sulfide) groups is 2. The highest BCUT2D eigenvalue weighted by atomic mass is 79.9. The van der Waals surface area contributed by atoms with Gasteiger partial charge in [-0.05, 0) is 15.9 Å². The normalized spacial score (nSPS) is 22.1. The Kier molecular flexibility index (Phi) is 5.88. The number of nitrogens with zero attached hydrogens (tertiary/aromatic N) is 2. The first kappa shape index (κ1) is 14.7. The summed E-state index contributed by atoms with van der Waals surface area (Å²) >= 11 is 7.23. The summed E-state index contributed by atoms with van der Waals surface area (Å²) in [5.74, 6) is 3.28. The van der Waals surface area contributed by atoms with E-state index in [4.69, 9.17) is 4.74 Å². The van der Waals surface area contributed by atoms with Gasteiger partial charge in [-0.15, -0.1) is 0 Å². The van der Waals surface area contributed by atoms with E-state index in [1.54, 1.807) is 13.3 Å². The summed E-state index contributed by atoms with van der Waals surface area (Å²) in [4.78, 5) is 0. The average molecular weight is 353 g/mol.